The minimum atomic E-state index is -0.255. The molecule has 1 aliphatic rings. The van der Waals surface area contributed by atoms with Crippen molar-refractivity contribution in [3.8, 4) is 0 Å². The predicted molar refractivity (Wildman–Crippen MR) is 90.2 cm³/mol. The number of aryl methyl sites for hydroxylation is 2. The summed E-state index contributed by atoms with van der Waals surface area (Å²) in [6, 6.07) is 6.37. The lowest BCUT2D eigenvalue weighted by Gasteiger charge is -2.29. The molecule has 2 aromatic rings. The van der Waals surface area contributed by atoms with E-state index < -0.39 is 0 Å². The predicted octanol–water partition coefficient (Wildman–Crippen LogP) is 4.08. The molecule has 0 radical (unpaired) electrons. The Hall–Kier alpha value is -1.61. The molecular formula is C19H25NO2. The molecule has 1 aromatic carbocycles. The normalized spacial score (nSPS) is 22.1. The quantitative estimate of drug-likeness (QED) is 0.868. The minimum absolute atomic E-state index is 0.255. The zero-order valence-corrected chi connectivity index (χ0v) is 13.7. The molecule has 0 amide bonds. The standard InChI is InChI=1S/C19H25NO2/c1-12-8-9-16-15(10-18(21)22-19(16)14(12)3)11-20-17-7-5-4-6-13(17)2/h8-10,13,17,20H,4-7,11H2,1-3H3/t13-,17-/m0/s1. The van der Waals surface area contributed by atoms with Crippen LogP contribution in [0.25, 0.3) is 11.0 Å². The van der Waals surface area contributed by atoms with E-state index in [4.69, 9.17) is 4.42 Å². The second kappa shape index (κ2) is 6.25. The third-order valence-corrected chi connectivity index (χ3v) is 5.18. The second-order valence-corrected chi connectivity index (χ2v) is 6.72. The summed E-state index contributed by atoms with van der Waals surface area (Å²) < 4.78 is 5.44. The highest BCUT2D eigenvalue weighted by Gasteiger charge is 2.21. The van der Waals surface area contributed by atoms with Crippen LogP contribution in [0.15, 0.2) is 27.4 Å². The Kier molecular flexibility index (Phi) is 4.34. The van der Waals surface area contributed by atoms with E-state index in [0.717, 1.165) is 34.2 Å². The van der Waals surface area contributed by atoms with E-state index in [2.05, 4.69) is 24.4 Å². The molecule has 118 valence electrons. The molecule has 0 aliphatic heterocycles. The van der Waals surface area contributed by atoms with Crippen molar-refractivity contribution in [1.82, 2.24) is 5.32 Å². The van der Waals surface area contributed by atoms with Crippen molar-refractivity contribution in [2.24, 2.45) is 5.92 Å². The van der Waals surface area contributed by atoms with Gasteiger partial charge in [-0.25, -0.2) is 4.79 Å². The first-order valence-corrected chi connectivity index (χ1v) is 8.32. The SMILES string of the molecule is Cc1ccc2c(CN[C@H]3CCCC[C@@H]3C)cc(=O)oc2c1C. The Labute approximate surface area is 131 Å². The van der Waals surface area contributed by atoms with Crippen molar-refractivity contribution in [1.29, 1.82) is 0 Å². The number of nitrogens with one attached hydrogen (secondary N) is 1. The summed E-state index contributed by atoms with van der Waals surface area (Å²) in [5, 5.41) is 4.71. The summed E-state index contributed by atoms with van der Waals surface area (Å²) in [5.74, 6) is 0.712. The van der Waals surface area contributed by atoms with Crippen molar-refractivity contribution < 1.29 is 4.42 Å². The van der Waals surface area contributed by atoms with Gasteiger partial charge in [-0.2, -0.15) is 0 Å². The molecule has 0 bridgehead atoms. The molecule has 3 rings (SSSR count). The van der Waals surface area contributed by atoms with E-state index in [1.165, 1.54) is 25.7 Å². The maximum Gasteiger partial charge on any atom is 0.336 e. The van der Waals surface area contributed by atoms with Gasteiger partial charge in [0.05, 0.1) is 0 Å². The maximum atomic E-state index is 11.9. The largest absolute Gasteiger partial charge is 0.422 e. The van der Waals surface area contributed by atoms with Gasteiger partial charge >= 0.3 is 5.63 Å². The maximum absolute atomic E-state index is 11.9. The number of rotatable bonds is 3. The summed E-state index contributed by atoms with van der Waals surface area (Å²) in [7, 11) is 0. The van der Waals surface area contributed by atoms with Crippen LogP contribution in [-0.4, -0.2) is 6.04 Å². The van der Waals surface area contributed by atoms with Crippen LogP contribution in [0.4, 0.5) is 0 Å². The molecule has 2 atom stereocenters. The minimum Gasteiger partial charge on any atom is -0.422 e. The fraction of sp³-hybridized carbons (Fsp3) is 0.526. The number of fused-ring (bicyclic) bond motifs is 1. The van der Waals surface area contributed by atoms with Gasteiger partial charge in [-0.1, -0.05) is 31.9 Å². The van der Waals surface area contributed by atoms with E-state index >= 15 is 0 Å². The molecule has 22 heavy (non-hydrogen) atoms. The van der Waals surface area contributed by atoms with Crippen molar-refractivity contribution in [3.05, 3.63) is 45.3 Å². The van der Waals surface area contributed by atoms with E-state index in [9.17, 15) is 4.79 Å². The average molecular weight is 299 g/mol. The molecule has 1 aliphatic carbocycles. The van der Waals surface area contributed by atoms with Crippen LogP contribution >= 0.6 is 0 Å². The molecule has 1 aromatic heterocycles. The van der Waals surface area contributed by atoms with E-state index in [0.29, 0.717) is 12.0 Å². The summed E-state index contributed by atoms with van der Waals surface area (Å²) in [5.41, 5.74) is 3.74. The average Bonchev–Trinajstić information content (AvgIpc) is 2.50. The topological polar surface area (TPSA) is 42.2 Å². The van der Waals surface area contributed by atoms with Crippen LogP contribution in [0.2, 0.25) is 0 Å². The monoisotopic (exact) mass is 299 g/mol. The van der Waals surface area contributed by atoms with Gasteiger partial charge in [0.25, 0.3) is 0 Å². The van der Waals surface area contributed by atoms with Crippen molar-refractivity contribution in [3.63, 3.8) is 0 Å². The lowest BCUT2D eigenvalue weighted by molar-refractivity contribution is 0.279. The van der Waals surface area contributed by atoms with Gasteiger partial charge in [0.2, 0.25) is 0 Å². The van der Waals surface area contributed by atoms with Crippen molar-refractivity contribution in [2.45, 2.75) is 59.0 Å². The van der Waals surface area contributed by atoms with Crippen LogP contribution in [-0.2, 0) is 6.54 Å². The molecule has 0 unspecified atom stereocenters. The summed E-state index contributed by atoms with van der Waals surface area (Å²) in [4.78, 5) is 11.9. The molecule has 1 N–H and O–H groups in total. The van der Waals surface area contributed by atoms with E-state index in [1.807, 2.05) is 13.8 Å². The number of hydrogen-bond acceptors (Lipinski definition) is 3. The third-order valence-electron chi connectivity index (χ3n) is 5.18. The summed E-state index contributed by atoms with van der Waals surface area (Å²) in [6.45, 7) is 7.12. The fourth-order valence-electron chi connectivity index (χ4n) is 3.53. The van der Waals surface area contributed by atoms with E-state index in [1.54, 1.807) is 6.07 Å². The van der Waals surface area contributed by atoms with Gasteiger partial charge in [-0.05, 0) is 49.3 Å². The van der Waals surface area contributed by atoms with Crippen LogP contribution in [0.3, 0.4) is 0 Å². The van der Waals surface area contributed by atoms with E-state index in [-0.39, 0.29) is 5.63 Å². The van der Waals surface area contributed by atoms with Gasteiger partial charge in [-0.3, -0.25) is 0 Å². The summed E-state index contributed by atoms with van der Waals surface area (Å²) >= 11 is 0. The molecule has 1 saturated carbocycles. The lowest BCUT2D eigenvalue weighted by atomic mass is 9.86. The van der Waals surface area contributed by atoms with Crippen LogP contribution in [0.1, 0.15) is 49.3 Å². The second-order valence-electron chi connectivity index (χ2n) is 6.72. The van der Waals surface area contributed by atoms with Gasteiger partial charge < -0.3 is 9.73 Å². The van der Waals surface area contributed by atoms with Crippen molar-refractivity contribution in [2.75, 3.05) is 0 Å². The molecule has 1 heterocycles. The molecular weight excluding hydrogens is 274 g/mol. The fourth-order valence-corrected chi connectivity index (χ4v) is 3.53. The Morgan fingerprint density at radius 3 is 2.77 bits per heavy atom. The van der Waals surface area contributed by atoms with Crippen molar-refractivity contribution >= 4 is 11.0 Å². The molecule has 0 spiro atoms. The first-order chi connectivity index (χ1) is 10.6. The van der Waals surface area contributed by atoms with Gasteiger partial charge in [-0.15, -0.1) is 0 Å². The molecule has 3 nitrogen and oxygen atoms in total. The Bertz CT molecular complexity index is 732. The lowest BCUT2D eigenvalue weighted by Crippen LogP contribution is -2.36. The highest BCUT2D eigenvalue weighted by molar-refractivity contribution is 5.83. The Balaban J connectivity index is 1.90. The zero-order valence-electron chi connectivity index (χ0n) is 13.7. The zero-order chi connectivity index (χ0) is 15.7. The Morgan fingerprint density at radius 1 is 1.23 bits per heavy atom. The third kappa shape index (κ3) is 2.95. The highest BCUT2D eigenvalue weighted by Crippen LogP contribution is 2.26. The van der Waals surface area contributed by atoms with Crippen LogP contribution < -0.4 is 10.9 Å². The van der Waals surface area contributed by atoms with Gasteiger partial charge in [0, 0.05) is 24.0 Å². The first-order valence-electron chi connectivity index (χ1n) is 8.32. The van der Waals surface area contributed by atoms with Gasteiger partial charge in [0.15, 0.2) is 0 Å². The molecule has 0 saturated heterocycles. The Morgan fingerprint density at radius 2 is 2.00 bits per heavy atom. The number of benzene rings is 1. The highest BCUT2D eigenvalue weighted by atomic mass is 16.4. The summed E-state index contributed by atoms with van der Waals surface area (Å²) in [6.07, 6.45) is 5.18. The first kappa shape index (κ1) is 15.3. The smallest absolute Gasteiger partial charge is 0.336 e. The molecule has 1 fully saturated rings. The van der Waals surface area contributed by atoms with Crippen LogP contribution in [0, 0.1) is 19.8 Å². The van der Waals surface area contributed by atoms with Crippen LogP contribution in [0.5, 0.6) is 0 Å². The number of hydrogen-bond donors (Lipinski definition) is 1. The van der Waals surface area contributed by atoms with Gasteiger partial charge in [0.1, 0.15) is 5.58 Å². The molecule has 3 heteroatoms.